The number of likely N-dealkylation sites (tertiary alicyclic amines) is 1. The van der Waals surface area contributed by atoms with E-state index in [1.807, 2.05) is 0 Å². The maximum Gasteiger partial charge on any atom is 0.219 e. The van der Waals surface area contributed by atoms with Gasteiger partial charge in [-0.3, -0.25) is 4.79 Å². The van der Waals surface area contributed by atoms with E-state index in [2.05, 4.69) is 10.2 Å². The van der Waals surface area contributed by atoms with Crippen LogP contribution in [0.25, 0.3) is 0 Å². The summed E-state index contributed by atoms with van der Waals surface area (Å²) in [6.45, 7) is 4.84. The van der Waals surface area contributed by atoms with E-state index in [1.165, 1.54) is 51.5 Å². The fourth-order valence-electron chi connectivity index (χ4n) is 3.63. The molecule has 1 amide bonds. The summed E-state index contributed by atoms with van der Waals surface area (Å²) < 4.78 is 0. The molecule has 0 bridgehead atoms. The minimum absolute atomic E-state index is 0.260. The first-order valence-electron chi connectivity index (χ1n) is 8.19. The van der Waals surface area contributed by atoms with E-state index in [4.69, 9.17) is 0 Å². The number of amides is 1. The summed E-state index contributed by atoms with van der Waals surface area (Å²) in [6, 6.07) is 0.544. The van der Waals surface area contributed by atoms with E-state index in [9.17, 15) is 4.79 Å². The van der Waals surface area contributed by atoms with Gasteiger partial charge in [-0.2, -0.15) is 0 Å². The standard InChI is InChI=1S/C16H28N2O/c1-12(19)18-10-15(7-13-5-6-13)8-16(11-18)17-9-14-3-2-4-14/h13-17H,2-11H2,1H3. The van der Waals surface area contributed by atoms with Gasteiger partial charge in [0.1, 0.15) is 0 Å². The first-order chi connectivity index (χ1) is 9.20. The van der Waals surface area contributed by atoms with E-state index in [1.54, 1.807) is 6.92 Å². The van der Waals surface area contributed by atoms with Crippen molar-refractivity contribution in [2.75, 3.05) is 19.6 Å². The summed E-state index contributed by atoms with van der Waals surface area (Å²) in [5, 5.41) is 3.74. The van der Waals surface area contributed by atoms with Gasteiger partial charge in [0.25, 0.3) is 0 Å². The zero-order valence-corrected chi connectivity index (χ0v) is 12.2. The summed E-state index contributed by atoms with van der Waals surface area (Å²) in [6.07, 6.45) is 9.72. The first-order valence-corrected chi connectivity index (χ1v) is 8.19. The van der Waals surface area contributed by atoms with Crippen LogP contribution in [-0.4, -0.2) is 36.5 Å². The Labute approximate surface area is 117 Å². The van der Waals surface area contributed by atoms with Crippen molar-refractivity contribution in [3.8, 4) is 0 Å². The fourth-order valence-corrected chi connectivity index (χ4v) is 3.63. The van der Waals surface area contributed by atoms with Gasteiger partial charge >= 0.3 is 0 Å². The van der Waals surface area contributed by atoms with Crippen molar-refractivity contribution in [3.05, 3.63) is 0 Å². The molecular weight excluding hydrogens is 236 g/mol. The third-order valence-electron chi connectivity index (χ3n) is 5.27. The van der Waals surface area contributed by atoms with Crippen LogP contribution in [0.2, 0.25) is 0 Å². The van der Waals surface area contributed by atoms with Crippen LogP contribution in [0.1, 0.15) is 51.9 Å². The average molecular weight is 264 g/mol. The molecule has 0 aromatic heterocycles. The summed E-state index contributed by atoms with van der Waals surface area (Å²) in [5.41, 5.74) is 0. The third-order valence-corrected chi connectivity index (χ3v) is 5.27. The number of carbonyl (C=O) groups excluding carboxylic acids is 1. The van der Waals surface area contributed by atoms with Gasteiger partial charge in [-0.1, -0.05) is 19.3 Å². The average Bonchev–Trinajstić information content (AvgIpc) is 3.10. The molecule has 0 aromatic rings. The zero-order valence-electron chi connectivity index (χ0n) is 12.2. The second kappa shape index (κ2) is 5.82. The molecule has 0 spiro atoms. The van der Waals surface area contributed by atoms with Crippen LogP contribution in [0.15, 0.2) is 0 Å². The van der Waals surface area contributed by atoms with Gasteiger partial charge in [0.05, 0.1) is 0 Å². The number of carbonyl (C=O) groups is 1. The fraction of sp³-hybridized carbons (Fsp3) is 0.938. The smallest absolute Gasteiger partial charge is 0.219 e. The highest BCUT2D eigenvalue weighted by Gasteiger charge is 2.33. The van der Waals surface area contributed by atoms with Crippen molar-refractivity contribution in [2.24, 2.45) is 17.8 Å². The van der Waals surface area contributed by atoms with Gasteiger partial charge in [0.15, 0.2) is 0 Å². The molecule has 108 valence electrons. The Morgan fingerprint density at radius 1 is 1.11 bits per heavy atom. The van der Waals surface area contributed by atoms with Crippen LogP contribution in [0.5, 0.6) is 0 Å². The summed E-state index contributed by atoms with van der Waals surface area (Å²) in [5.74, 6) is 2.89. The minimum Gasteiger partial charge on any atom is -0.341 e. The van der Waals surface area contributed by atoms with Gasteiger partial charge in [-0.05, 0) is 50.0 Å². The molecule has 1 saturated heterocycles. The first kappa shape index (κ1) is 13.4. The van der Waals surface area contributed by atoms with Gasteiger partial charge in [-0.15, -0.1) is 0 Å². The Morgan fingerprint density at radius 3 is 2.47 bits per heavy atom. The van der Waals surface area contributed by atoms with Crippen LogP contribution in [-0.2, 0) is 4.79 Å². The maximum atomic E-state index is 11.7. The monoisotopic (exact) mass is 264 g/mol. The molecule has 1 aliphatic heterocycles. The van der Waals surface area contributed by atoms with Crippen LogP contribution in [0, 0.1) is 17.8 Å². The van der Waals surface area contributed by atoms with Crippen molar-refractivity contribution < 1.29 is 4.79 Å². The normalized spacial score (nSPS) is 32.2. The van der Waals surface area contributed by atoms with Crippen LogP contribution >= 0.6 is 0 Å². The number of hydrogen-bond donors (Lipinski definition) is 1. The molecule has 3 heteroatoms. The van der Waals surface area contributed by atoms with Crippen molar-refractivity contribution in [1.82, 2.24) is 10.2 Å². The summed E-state index contributed by atoms with van der Waals surface area (Å²) in [4.78, 5) is 13.8. The molecule has 3 fully saturated rings. The van der Waals surface area contributed by atoms with Crippen molar-refractivity contribution in [3.63, 3.8) is 0 Å². The molecule has 3 nitrogen and oxygen atoms in total. The molecule has 2 unspecified atom stereocenters. The molecule has 0 aromatic carbocycles. The largest absolute Gasteiger partial charge is 0.341 e. The molecule has 2 aliphatic carbocycles. The van der Waals surface area contributed by atoms with Gasteiger partial charge < -0.3 is 10.2 Å². The minimum atomic E-state index is 0.260. The van der Waals surface area contributed by atoms with Crippen LogP contribution < -0.4 is 5.32 Å². The topological polar surface area (TPSA) is 32.3 Å². The Hall–Kier alpha value is -0.570. The molecule has 19 heavy (non-hydrogen) atoms. The highest BCUT2D eigenvalue weighted by molar-refractivity contribution is 5.73. The lowest BCUT2D eigenvalue weighted by Crippen LogP contribution is -2.51. The molecule has 1 N–H and O–H groups in total. The lowest BCUT2D eigenvalue weighted by molar-refractivity contribution is -0.131. The lowest BCUT2D eigenvalue weighted by Gasteiger charge is -2.39. The van der Waals surface area contributed by atoms with Gasteiger partial charge in [0.2, 0.25) is 5.91 Å². The van der Waals surface area contributed by atoms with Crippen molar-refractivity contribution >= 4 is 5.91 Å². The predicted octanol–water partition coefficient (Wildman–Crippen LogP) is 2.41. The Kier molecular flexibility index (Phi) is 4.11. The second-order valence-corrected chi connectivity index (χ2v) is 7.11. The molecule has 1 heterocycles. The highest BCUT2D eigenvalue weighted by atomic mass is 16.2. The van der Waals surface area contributed by atoms with E-state index in [-0.39, 0.29) is 5.91 Å². The van der Waals surface area contributed by atoms with E-state index in [0.717, 1.165) is 30.8 Å². The second-order valence-electron chi connectivity index (χ2n) is 7.11. The quantitative estimate of drug-likeness (QED) is 0.827. The number of nitrogens with zero attached hydrogens (tertiary/aromatic N) is 1. The summed E-state index contributed by atoms with van der Waals surface area (Å²) in [7, 11) is 0. The van der Waals surface area contributed by atoms with Crippen LogP contribution in [0.3, 0.4) is 0 Å². The molecule has 2 atom stereocenters. The maximum absolute atomic E-state index is 11.7. The molecule has 0 radical (unpaired) electrons. The van der Waals surface area contributed by atoms with E-state index in [0.29, 0.717) is 6.04 Å². The predicted molar refractivity (Wildman–Crippen MR) is 76.8 cm³/mol. The zero-order chi connectivity index (χ0) is 13.2. The molecule has 3 aliphatic rings. The molecule has 2 saturated carbocycles. The van der Waals surface area contributed by atoms with Crippen molar-refractivity contribution in [1.29, 1.82) is 0 Å². The Balaban J connectivity index is 1.50. The molecule has 3 rings (SSSR count). The lowest BCUT2D eigenvalue weighted by atomic mass is 9.84. The highest BCUT2D eigenvalue weighted by Crippen LogP contribution is 2.38. The number of hydrogen-bond acceptors (Lipinski definition) is 2. The van der Waals surface area contributed by atoms with Gasteiger partial charge in [-0.25, -0.2) is 0 Å². The van der Waals surface area contributed by atoms with Crippen molar-refractivity contribution in [2.45, 2.75) is 57.9 Å². The number of rotatable bonds is 5. The number of piperidine rings is 1. The van der Waals surface area contributed by atoms with Crippen LogP contribution in [0.4, 0.5) is 0 Å². The third kappa shape index (κ3) is 3.71. The molecular formula is C16H28N2O. The number of nitrogens with one attached hydrogen (secondary N) is 1. The SMILES string of the molecule is CC(=O)N1CC(CC2CC2)CC(NCC2CCC2)C1. The summed E-state index contributed by atoms with van der Waals surface area (Å²) >= 11 is 0. The van der Waals surface area contributed by atoms with E-state index < -0.39 is 0 Å². The van der Waals surface area contributed by atoms with E-state index >= 15 is 0 Å². The Morgan fingerprint density at radius 2 is 1.89 bits per heavy atom. The van der Waals surface area contributed by atoms with Gasteiger partial charge in [0, 0.05) is 26.1 Å². The Bertz CT molecular complexity index is 323.